The largest absolute Gasteiger partial charge is 0.382 e. The summed E-state index contributed by atoms with van der Waals surface area (Å²) in [6.45, 7) is 3.92. The predicted octanol–water partition coefficient (Wildman–Crippen LogP) is 0.655. The molecule has 0 heterocycles. The van der Waals surface area contributed by atoms with E-state index in [1.807, 2.05) is 0 Å². The molecule has 0 saturated carbocycles. The van der Waals surface area contributed by atoms with Crippen LogP contribution in [0.4, 0.5) is 0 Å². The first-order valence-electron chi connectivity index (χ1n) is 4.50. The molecule has 0 aliphatic heterocycles. The molecule has 0 unspecified atom stereocenters. The van der Waals surface area contributed by atoms with Gasteiger partial charge in [0.25, 0.3) is 0 Å². The minimum atomic E-state index is -1.66. The van der Waals surface area contributed by atoms with Crippen LogP contribution in [0.2, 0.25) is 0 Å². The average molecular weight is 200 g/mol. The molecular weight excluding hydrogens is 184 g/mol. The van der Waals surface area contributed by atoms with Crippen molar-refractivity contribution in [1.82, 2.24) is 0 Å². The van der Waals surface area contributed by atoms with E-state index in [9.17, 15) is 19.5 Å². The Kier molecular flexibility index (Phi) is 4.63. The highest BCUT2D eigenvalue weighted by molar-refractivity contribution is 5.91. The van der Waals surface area contributed by atoms with Crippen LogP contribution in [0.25, 0.3) is 0 Å². The molecule has 0 aromatic heterocycles. The number of Topliss-reactive ketones (excluding diaryl/α,β-unsaturated/α-hetero) is 3. The Hall–Kier alpha value is -1.03. The van der Waals surface area contributed by atoms with Gasteiger partial charge in [-0.2, -0.15) is 0 Å². The fraction of sp³-hybridized carbons (Fsp3) is 0.700. The summed E-state index contributed by atoms with van der Waals surface area (Å²) in [6.07, 6.45) is -0.0732. The summed E-state index contributed by atoms with van der Waals surface area (Å²) in [5.74, 6) is -0.826. The molecule has 4 heteroatoms. The maximum Gasteiger partial charge on any atom is 0.161 e. The van der Waals surface area contributed by atoms with Crippen molar-refractivity contribution in [2.24, 2.45) is 0 Å². The van der Waals surface area contributed by atoms with Crippen molar-refractivity contribution in [1.29, 1.82) is 0 Å². The van der Waals surface area contributed by atoms with Crippen LogP contribution in [0.3, 0.4) is 0 Å². The van der Waals surface area contributed by atoms with Gasteiger partial charge in [-0.3, -0.25) is 9.59 Å². The Morgan fingerprint density at radius 2 is 1.57 bits per heavy atom. The van der Waals surface area contributed by atoms with Crippen molar-refractivity contribution in [2.45, 2.75) is 45.6 Å². The lowest BCUT2D eigenvalue weighted by atomic mass is 9.88. The van der Waals surface area contributed by atoms with Gasteiger partial charge in [0.05, 0.1) is 0 Å². The van der Waals surface area contributed by atoms with Crippen LogP contribution in [-0.4, -0.2) is 28.1 Å². The third-order valence-electron chi connectivity index (χ3n) is 2.09. The molecule has 1 atom stereocenters. The van der Waals surface area contributed by atoms with Crippen molar-refractivity contribution in [3.8, 4) is 0 Å². The second kappa shape index (κ2) is 5.00. The maximum atomic E-state index is 11.1. The van der Waals surface area contributed by atoms with E-state index < -0.39 is 11.4 Å². The SMILES string of the molecule is CC(=O)CC[C@@](O)(CC(C)=O)C(C)=O. The van der Waals surface area contributed by atoms with Gasteiger partial charge in [-0.15, -0.1) is 0 Å². The lowest BCUT2D eigenvalue weighted by Gasteiger charge is -2.23. The molecule has 0 fully saturated rings. The molecule has 4 nitrogen and oxygen atoms in total. The Bertz CT molecular complexity index is 257. The van der Waals surface area contributed by atoms with Crippen LogP contribution in [-0.2, 0) is 14.4 Å². The molecule has 0 bridgehead atoms. The van der Waals surface area contributed by atoms with E-state index in [2.05, 4.69) is 0 Å². The number of carbonyl (C=O) groups is 3. The molecule has 0 rings (SSSR count). The van der Waals surface area contributed by atoms with Gasteiger partial charge >= 0.3 is 0 Å². The van der Waals surface area contributed by atoms with Gasteiger partial charge < -0.3 is 9.90 Å². The van der Waals surface area contributed by atoms with Crippen LogP contribution in [0.1, 0.15) is 40.0 Å². The Morgan fingerprint density at radius 3 is 1.86 bits per heavy atom. The highest BCUT2D eigenvalue weighted by atomic mass is 16.3. The molecule has 0 aromatic carbocycles. The second-order valence-corrected chi connectivity index (χ2v) is 3.67. The zero-order chi connectivity index (χ0) is 11.4. The number of hydrogen-bond donors (Lipinski definition) is 1. The van der Waals surface area contributed by atoms with E-state index in [1.165, 1.54) is 20.8 Å². The third kappa shape index (κ3) is 4.28. The third-order valence-corrected chi connectivity index (χ3v) is 2.09. The smallest absolute Gasteiger partial charge is 0.161 e. The Labute approximate surface area is 83.3 Å². The van der Waals surface area contributed by atoms with Crippen molar-refractivity contribution in [2.75, 3.05) is 0 Å². The first-order valence-corrected chi connectivity index (χ1v) is 4.50. The first kappa shape index (κ1) is 13.0. The summed E-state index contributed by atoms with van der Waals surface area (Å²) < 4.78 is 0. The van der Waals surface area contributed by atoms with Gasteiger partial charge in [-0.05, 0) is 27.2 Å². The summed E-state index contributed by atoms with van der Waals surface area (Å²) in [6, 6.07) is 0. The Balaban J connectivity index is 4.47. The number of hydrogen-bond acceptors (Lipinski definition) is 4. The highest BCUT2D eigenvalue weighted by Crippen LogP contribution is 2.19. The highest BCUT2D eigenvalue weighted by Gasteiger charge is 2.33. The van der Waals surface area contributed by atoms with Crippen molar-refractivity contribution in [3.05, 3.63) is 0 Å². The quantitative estimate of drug-likeness (QED) is 0.683. The number of carbonyl (C=O) groups excluding carboxylic acids is 3. The normalized spacial score (nSPS) is 14.6. The molecule has 14 heavy (non-hydrogen) atoms. The monoisotopic (exact) mass is 200 g/mol. The number of rotatable bonds is 6. The zero-order valence-electron chi connectivity index (χ0n) is 8.79. The average Bonchev–Trinajstić information content (AvgIpc) is 1.99. The van der Waals surface area contributed by atoms with Crippen LogP contribution in [0, 0.1) is 0 Å². The Morgan fingerprint density at radius 1 is 1.07 bits per heavy atom. The van der Waals surface area contributed by atoms with Gasteiger partial charge in [0.2, 0.25) is 0 Å². The van der Waals surface area contributed by atoms with Crippen LogP contribution < -0.4 is 0 Å². The summed E-state index contributed by atoms with van der Waals surface area (Å²) >= 11 is 0. The van der Waals surface area contributed by atoms with E-state index >= 15 is 0 Å². The molecule has 0 aliphatic carbocycles. The van der Waals surface area contributed by atoms with Gasteiger partial charge in [-0.1, -0.05) is 0 Å². The van der Waals surface area contributed by atoms with Gasteiger partial charge in [-0.25, -0.2) is 0 Å². The summed E-state index contributed by atoms with van der Waals surface area (Å²) in [5.41, 5.74) is -1.66. The molecule has 0 aliphatic rings. The van der Waals surface area contributed by atoms with Crippen LogP contribution in [0.5, 0.6) is 0 Å². The molecule has 0 amide bonds. The minimum absolute atomic E-state index is 0.0250. The lowest BCUT2D eigenvalue weighted by Crippen LogP contribution is -2.39. The van der Waals surface area contributed by atoms with Crippen LogP contribution in [0.15, 0.2) is 0 Å². The number of aliphatic hydroxyl groups is 1. The van der Waals surface area contributed by atoms with Crippen molar-refractivity contribution >= 4 is 17.3 Å². The summed E-state index contributed by atoms with van der Waals surface area (Å²) in [7, 11) is 0. The van der Waals surface area contributed by atoms with Crippen LogP contribution >= 0.6 is 0 Å². The molecule has 0 saturated heterocycles. The van der Waals surface area contributed by atoms with Gasteiger partial charge in [0.1, 0.15) is 17.2 Å². The van der Waals surface area contributed by atoms with E-state index in [1.54, 1.807) is 0 Å². The topological polar surface area (TPSA) is 71.4 Å². The molecular formula is C10H16O4. The van der Waals surface area contributed by atoms with E-state index in [4.69, 9.17) is 0 Å². The minimum Gasteiger partial charge on any atom is -0.382 e. The molecule has 0 spiro atoms. The summed E-state index contributed by atoms with van der Waals surface area (Å²) in [4.78, 5) is 32.6. The fourth-order valence-corrected chi connectivity index (χ4v) is 1.18. The van der Waals surface area contributed by atoms with E-state index in [0.717, 1.165) is 0 Å². The van der Waals surface area contributed by atoms with E-state index in [0.29, 0.717) is 0 Å². The fourth-order valence-electron chi connectivity index (χ4n) is 1.18. The van der Waals surface area contributed by atoms with Gasteiger partial charge in [0, 0.05) is 12.8 Å². The predicted molar refractivity (Wildman–Crippen MR) is 50.8 cm³/mol. The molecule has 1 N–H and O–H groups in total. The molecule has 80 valence electrons. The molecule has 0 radical (unpaired) electrons. The molecule has 0 aromatic rings. The second-order valence-electron chi connectivity index (χ2n) is 3.67. The maximum absolute atomic E-state index is 11.1. The summed E-state index contributed by atoms with van der Waals surface area (Å²) in [5, 5.41) is 9.79. The number of ketones is 3. The van der Waals surface area contributed by atoms with Gasteiger partial charge in [0.15, 0.2) is 5.78 Å². The van der Waals surface area contributed by atoms with Crippen molar-refractivity contribution in [3.63, 3.8) is 0 Å². The van der Waals surface area contributed by atoms with E-state index in [-0.39, 0.29) is 30.8 Å². The first-order chi connectivity index (χ1) is 6.28. The standard InChI is InChI=1S/C10H16O4/c1-7(11)4-5-10(14,9(3)13)6-8(2)12/h14H,4-6H2,1-3H3/t10-/m1/s1. The lowest BCUT2D eigenvalue weighted by molar-refractivity contribution is -0.142. The zero-order valence-corrected chi connectivity index (χ0v) is 8.79. The van der Waals surface area contributed by atoms with Crippen molar-refractivity contribution < 1.29 is 19.5 Å².